The fourth-order valence-corrected chi connectivity index (χ4v) is 2.67. The van der Waals surface area contributed by atoms with Gasteiger partial charge in [0.2, 0.25) is 5.95 Å². The Balaban J connectivity index is 1.95. The molecule has 8 heteroatoms. The van der Waals surface area contributed by atoms with Gasteiger partial charge in [0.05, 0.1) is 18.1 Å². The van der Waals surface area contributed by atoms with Gasteiger partial charge in [-0.05, 0) is 42.7 Å². The van der Waals surface area contributed by atoms with Crippen LogP contribution in [0.25, 0.3) is 11.0 Å². The highest BCUT2D eigenvalue weighted by Crippen LogP contribution is 2.22. The first-order valence-corrected chi connectivity index (χ1v) is 8.58. The number of benzene rings is 2. The van der Waals surface area contributed by atoms with Crippen molar-refractivity contribution in [3.63, 3.8) is 0 Å². The monoisotopic (exact) mass is 356 g/mol. The molecule has 0 saturated carbocycles. The van der Waals surface area contributed by atoms with Crippen LogP contribution in [0.5, 0.6) is 5.75 Å². The van der Waals surface area contributed by atoms with Crippen molar-refractivity contribution in [3.05, 3.63) is 48.5 Å². The van der Waals surface area contributed by atoms with Gasteiger partial charge in [-0.1, -0.05) is 12.1 Å². The van der Waals surface area contributed by atoms with E-state index in [9.17, 15) is 4.79 Å². The molecule has 0 bridgehead atoms. The highest BCUT2D eigenvalue weighted by atomic mass is 32.2. The molecule has 1 aromatic heterocycles. The molecule has 3 rings (SSSR count). The lowest BCUT2D eigenvalue weighted by molar-refractivity contribution is 0.186. The van der Waals surface area contributed by atoms with E-state index in [1.54, 1.807) is 36.0 Å². The Morgan fingerprint density at radius 3 is 2.60 bits per heavy atom. The molecule has 0 atom stereocenters. The van der Waals surface area contributed by atoms with Gasteiger partial charge in [0.15, 0.2) is 0 Å². The third kappa shape index (κ3) is 3.58. The molecule has 25 heavy (non-hydrogen) atoms. The number of nitrogens with one attached hydrogen (secondary N) is 2. The summed E-state index contributed by atoms with van der Waals surface area (Å²) >= 11 is 1.62. The van der Waals surface area contributed by atoms with Crippen LogP contribution < -0.4 is 10.1 Å². The summed E-state index contributed by atoms with van der Waals surface area (Å²) in [5.74, 6) is 0.670. The molecule has 128 valence electrons. The van der Waals surface area contributed by atoms with E-state index < -0.39 is 6.09 Å². The predicted molar refractivity (Wildman–Crippen MR) is 97.7 cm³/mol. The number of hydrogen-bond donors (Lipinski definition) is 2. The van der Waals surface area contributed by atoms with Crippen LogP contribution in [0.1, 0.15) is 0 Å². The van der Waals surface area contributed by atoms with Crippen molar-refractivity contribution < 1.29 is 14.3 Å². The predicted octanol–water partition coefficient (Wildman–Crippen LogP) is 3.80. The van der Waals surface area contributed by atoms with Crippen LogP contribution in [0.2, 0.25) is 0 Å². The molecule has 2 N–H and O–H groups in total. The van der Waals surface area contributed by atoms with Gasteiger partial charge < -0.3 is 9.47 Å². The third-order valence-electron chi connectivity index (χ3n) is 3.44. The van der Waals surface area contributed by atoms with Crippen molar-refractivity contribution >= 4 is 40.9 Å². The number of aromatic nitrogens is 2. The number of para-hydroxylation sites is 2. The van der Waals surface area contributed by atoms with E-state index in [2.05, 4.69) is 15.0 Å². The zero-order valence-corrected chi connectivity index (χ0v) is 14.5. The van der Waals surface area contributed by atoms with Gasteiger partial charge in [0.25, 0.3) is 0 Å². The summed E-state index contributed by atoms with van der Waals surface area (Å²) in [5.41, 5.74) is 1.26. The summed E-state index contributed by atoms with van der Waals surface area (Å²) in [6.07, 6.45) is 1.31. The topological polar surface area (TPSA) is 89.2 Å². The normalized spacial score (nSPS) is 10.5. The Kier molecular flexibility index (Phi) is 4.90. The minimum atomic E-state index is -0.673. The highest BCUT2D eigenvalue weighted by molar-refractivity contribution is 7.98. The lowest BCUT2D eigenvalue weighted by Gasteiger charge is -2.11. The van der Waals surface area contributed by atoms with Crippen molar-refractivity contribution in [1.82, 2.24) is 9.55 Å². The van der Waals surface area contributed by atoms with E-state index in [1.807, 2.05) is 30.5 Å². The molecule has 3 aromatic rings. The van der Waals surface area contributed by atoms with Crippen molar-refractivity contribution in [1.29, 1.82) is 5.41 Å². The fraction of sp³-hybridized carbons (Fsp3) is 0.118. The van der Waals surface area contributed by atoms with Crippen LogP contribution in [0.4, 0.5) is 10.7 Å². The van der Waals surface area contributed by atoms with E-state index in [1.165, 1.54) is 11.7 Å². The number of rotatable bonds is 3. The first kappa shape index (κ1) is 16.8. The molecular formula is C17H16N4O3S. The van der Waals surface area contributed by atoms with E-state index in [0.29, 0.717) is 16.8 Å². The maximum Gasteiger partial charge on any atom is 0.413 e. The number of imidazole rings is 1. The molecule has 7 nitrogen and oxygen atoms in total. The number of fused-ring (bicyclic) bond motifs is 1. The van der Waals surface area contributed by atoms with Crippen LogP contribution in [-0.4, -0.2) is 35.0 Å². The van der Waals surface area contributed by atoms with Crippen LogP contribution in [0.3, 0.4) is 0 Å². The Hall–Kier alpha value is -3.00. The van der Waals surface area contributed by atoms with Gasteiger partial charge >= 0.3 is 12.1 Å². The SMILES string of the molecule is COC(=O)Nc1nc2ccccc2n1C(=N)Oc1ccc(SC)cc1. The average molecular weight is 356 g/mol. The molecule has 0 aliphatic rings. The molecule has 0 spiro atoms. The number of ether oxygens (including phenoxy) is 2. The lowest BCUT2D eigenvalue weighted by atomic mass is 10.3. The lowest BCUT2D eigenvalue weighted by Crippen LogP contribution is -2.22. The van der Waals surface area contributed by atoms with Gasteiger partial charge in [-0.2, -0.15) is 0 Å². The summed E-state index contributed by atoms with van der Waals surface area (Å²) < 4.78 is 11.7. The van der Waals surface area contributed by atoms with Crippen molar-refractivity contribution in [2.45, 2.75) is 4.90 Å². The second-order valence-electron chi connectivity index (χ2n) is 4.96. The van der Waals surface area contributed by atoms with Gasteiger partial charge in [-0.15, -0.1) is 11.8 Å². The van der Waals surface area contributed by atoms with E-state index in [4.69, 9.17) is 10.1 Å². The van der Waals surface area contributed by atoms with Crippen LogP contribution in [-0.2, 0) is 4.74 Å². The maximum absolute atomic E-state index is 11.6. The molecule has 0 unspecified atom stereocenters. The zero-order valence-electron chi connectivity index (χ0n) is 13.6. The number of carbonyl (C=O) groups is 1. The molecule has 0 aliphatic carbocycles. The number of amides is 1. The second-order valence-corrected chi connectivity index (χ2v) is 5.84. The maximum atomic E-state index is 11.6. The standard InChI is InChI=1S/C17H16N4O3S/c1-23-17(22)20-16-19-13-5-3-4-6-14(13)21(16)15(18)24-11-7-9-12(25-2)10-8-11/h3-10,18H,1-2H3,(H,19,20,22). The molecule has 1 heterocycles. The molecule has 2 aromatic carbocycles. The number of carbonyl (C=O) groups excluding carboxylic acids is 1. The first-order valence-electron chi connectivity index (χ1n) is 7.35. The zero-order chi connectivity index (χ0) is 17.8. The van der Waals surface area contributed by atoms with E-state index >= 15 is 0 Å². The Labute approximate surface area is 148 Å². The van der Waals surface area contributed by atoms with Crippen molar-refractivity contribution in [3.8, 4) is 5.75 Å². The average Bonchev–Trinajstić information content (AvgIpc) is 3.00. The summed E-state index contributed by atoms with van der Waals surface area (Å²) in [6.45, 7) is 0. The van der Waals surface area contributed by atoms with Crippen LogP contribution in [0.15, 0.2) is 53.4 Å². The smallest absolute Gasteiger partial charge is 0.413 e. The molecule has 0 aliphatic heterocycles. The Bertz CT molecular complexity index is 921. The molecule has 0 saturated heterocycles. The van der Waals surface area contributed by atoms with Crippen molar-refractivity contribution in [2.24, 2.45) is 0 Å². The third-order valence-corrected chi connectivity index (χ3v) is 4.18. The summed E-state index contributed by atoms with van der Waals surface area (Å²) in [6, 6.07) is 14.4. The Morgan fingerprint density at radius 1 is 1.20 bits per heavy atom. The fourth-order valence-electron chi connectivity index (χ4n) is 2.26. The number of nitrogens with zero attached hydrogens (tertiary/aromatic N) is 2. The van der Waals surface area contributed by atoms with E-state index in [-0.39, 0.29) is 12.0 Å². The van der Waals surface area contributed by atoms with Gasteiger partial charge in [0.1, 0.15) is 5.75 Å². The van der Waals surface area contributed by atoms with Gasteiger partial charge in [-0.25, -0.2) is 14.3 Å². The van der Waals surface area contributed by atoms with Gasteiger partial charge in [0, 0.05) is 4.90 Å². The minimum Gasteiger partial charge on any atom is -0.453 e. The van der Waals surface area contributed by atoms with Crippen LogP contribution in [0, 0.1) is 5.41 Å². The Morgan fingerprint density at radius 2 is 1.92 bits per heavy atom. The van der Waals surface area contributed by atoms with Crippen LogP contribution >= 0.6 is 11.8 Å². The number of anilines is 1. The summed E-state index contributed by atoms with van der Waals surface area (Å²) in [4.78, 5) is 17.0. The summed E-state index contributed by atoms with van der Waals surface area (Å²) in [5, 5.41) is 10.8. The largest absolute Gasteiger partial charge is 0.453 e. The minimum absolute atomic E-state index is 0.152. The van der Waals surface area contributed by atoms with Gasteiger partial charge in [-0.3, -0.25) is 10.7 Å². The number of thioether (sulfide) groups is 1. The second kappa shape index (κ2) is 7.27. The quantitative estimate of drug-likeness (QED) is 0.423. The van der Waals surface area contributed by atoms with Crippen molar-refractivity contribution in [2.75, 3.05) is 18.7 Å². The summed E-state index contributed by atoms with van der Waals surface area (Å²) in [7, 11) is 1.26. The number of methoxy groups -OCH3 is 1. The van der Waals surface area contributed by atoms with E-state index in [0.717, 1.165) is 4.90 Å². The molecule has 0 fully saturated rings. The molecule has 0 radical (unpaired) electrons. The highest BCUT2D eigenvalue weighted by Gasteiger charge is 2.18. The molecular weight excluding hydrogens is 340 g/mol. The number of hydrogen-bond acceptors (Lipinski definition) is 6. The first-order chi connectivity index (χ1) is 12.1. The molecule has 1 amide bonds.